The second-order valence-corrected chi connectivity index (χ2v) is 6.30. The van der Waals surface area contributed by atoms with Crippen LogP contribution in [0.3, 0.4) is 0 Å². The van der Waals surface area contributed by atoms with Crippen molar-refractivity contribution in [1.29, 1.82) is 0 Å². The Morgan fingerprint density at radius 1 is 1.11 bits per heavy atom. The van der Waals surface area contributed by atoms with Gasteiger partial charge in [0, 0.05) is 37.0 Å². The number of ether oxygens (including phenoxy) is 1. The van der Waals surface area contributed by atoms with Gasteiger partial charge in [0.25, 0.3) is 0 Å². The maximum absolute atomic E-state index is 14.4. The lowest BCUT2D eigenvalue weighted by Gasteiger charge is -2.10. The summed E-state index contributed by atoms with van der Waals surface area (Å²) in [5.41, 5.74) is 3.75. The number of hydrogen-bond donors (Lipinski definition) is 0. The number of nitrogens with zero attached hydrogens (tertiary/aromatic N) is 6. The van der Waals surface area contributed by atoms with Gasteiger partial charge in [0.2, 0.25) is 0 Å². The van der Waals surface area contributed by atoms with Crippen LogP contribution < -0.4 is 4.74 Å². The van der Waals surface area contributed by atoms with Gasteiger partial charge in [-0.05, 0) is 24.1 Å². The van der Waals surface area contributed by atoms with Gasteiger partial charge in [-0.25, -0.2) is 9.37 Å². The maximum atomic E-state index is 14.4. The molecule has 8 heteroatoms. The molecule has 1 aliphatic heterocycles. The smallest absolute Gasteiger partial charge is 0.173 e. The SMILES string of the molecule is Fc1ccc2c(c1CCc1ncc(-c3cnccn3)c3nncn13)CCO2. The normalized spacial score (nSPS) is 12.9. The molecule has 0 saturated heterocycles. The molecule has 0 spiro atoms. The molecular formula is C19H15FN6O. The first-order valence-corrected chi connectivity index (χ1v) is 8.68. The highest BCUT2D eigenvalue weighted by atomic mass is 19.1. The molecule has 4 aromatic rings. The van der Waals surface area contributed by atoms with Crippen molar-refractivity contribution in [2.45, 2.75) is 19.3 Å². The van der Waals surface area contributed by atoms with E-state index in [-0.39, 0.29) is 5.82 Å². The number of benzene rings is 1. The van der Waals surface area contributed by atoms with Gasteiger partial charge in [-0.1, -0.05) is 0 Å². The second kappa shape index (κ2) is 6.39. The molecule has 0 N–H and O–H groups in total. The topological polar surface area (TPSA) is 78.1 Å². The summed E-state index contributed by atoms with van der Waals surface area (Å²) in [6.07, 6.45) is 10.1. The lowest BCUT2D eigenvalue weighted by Crippen LogP contribution is -2.06. The van der Waals surface area contributed by atoms with E-state index in [0.717, 1.165) is 29.1 Å². The molecule has 0 radical (unpaired) electrons. The zero-order valence-corrected chi connectivity index (χ0v) is 14.3. The van der Waals surface area contributed by atoms with Crippen molar-refractivity contribution in [2.75, 3.05) is 6.61 Å². The molecule has 1 aromatic carbocycles. The van der Waals surface area contributed by atoms with Crippen LogP contribution >= 0.6 is 0 Å². The van der Waals surface area contributed by atoms with Crippen LogP contribution in [-0.4, -0.2) is 36.2 Å². The first-order chi connectivity index (χ1) is 13.3. The summed E-state index contributed by atoms with van der Waals surface area (Å²) >= 11 is 0. The fourth-order valence-corrected chi connectivity index (χ4v) is 3.49. The Balaban J connectivity index is 1.49. The number of aryl methyl sites for hydroxylation is 1. The molecule has 1 aliphatic rings. The van der Waals surface area contributed by atoms with Crippen LogP contribution in [0.2, 0.25) is 0 Å². The number of aromatic nitrogens is 6. The van der Waals surface area contributed by atoms with Crippen LogP contribution in [0.25, 0.3) is 16.9 Å². The van der Waals surface area contributed by atoms with E-state index in [1.165, 1.54) is 6.07 Å². The van der Waals surface area contributed by atoms with E-state index in [4.69, 9.17) is 4.74 Å². The Kier molecular flexibility index (Phi) is 3.74. The fraction of sp³-hybridized carbons (Fsp3) is 0.211. The minimum Gasteiger partial charge on any atom is -0.493 e. The Labute approximate surface area is 153 Å². The van der Waals surface area contributed by atoms with E-state index in [0.29, 0.717) is 36.4 Å². The average Bonchev–Trinajstić information content (AvgIpc) is 3.37. The van der Waals surface area contributed by atoms with E-state index in [1.54, 1.807) is 37.2 Å². The summed E-state index contributed by atoms with van der Waals surface area (Å²) in [6, 6.07) is 3.17. The van der Waals surface area contributed by atoms with E-state index >= 15 is 0 Å². The largest absolute Gasteiger partial charge is 0.493 e. The Morgan fingerprint density at radius 3 is 2.96 bits per heavy atom. The van der Waals surface area contributed by atoms with E-state index in [2.05, 4.69) is 25.1 Å². The van der Waals surface area contributed by atoms with Crippen LogP contribution in [0.15, 0.2) is 43.2 Å². The molecule has 134 valence electrons. The molecule has 5 rings (SSSR count). The highest BCUT2D eigenvalue weighted by Crippen LogP contribution is 2.31. The third-order valence-electron chi connectivity index (χ3n) is 4.79. The number of hydrogen-bond acceptors (Lipinski definition) is 6. The van der Waals surface area contributed by atoms with Gasteiger partial charge in [-0.15, -0.1) is 10.2 Å². The highest BCUT2D eigenvalue weighted by Gasteiger charge is 2.20. The van der Waals surface area contributed by atoms with Crippen molar-refractivity contribution in [3.63, 3.8) is 0 Å². The standard InChI is InChI=1S/C19H15FN6O/c20-15-2-3-17-13(5-8-27-17)12(15)1-4-18-23-9-14(16-10-21-6-7-22-16)19-25-24-11-26(18)19/h2-3,6-7,9-11H,1,4-5,8H2. The van der Waals surface area contributed by atoms with Crippen molar-refractivity contribution < 1.29 is 9.13 Å². The molecule has 0 amide bonds. The molecule has 4 heterocycles. The van der Waals surface area contributed by atoms with Crippen LogP contribution in [-0.2, 0) is 19.3 Å². The molecule has 3 aromatic heterocycles. The molecule has 0 saturated carbocycles. The summed E-state index contributed by atoms with van der Waals surface area (Å²) in [7, 11) is 0. The third kappa shape index (κ3) is 2.69. The minimum atomic E-state index is -0.199. The first-order valence-electron chi connectivity index (χ1n) is 8.68. The number of halogens is 1. The predicted molar refractivity (Wildman–Crippen MR) is 94.8 cm³/mol. The lowest BCUT2D eigenvalue weighted by molar-refractivity contribution is 0.356. The summed E-state index contributed by atoms with van der Waals surface area (Å²) in [4.78, 5) is 13.0. The summed E-state index contributed by atoms with van der Waals surface area (Å²) in [6.45, 7) is 0.604. The van der Waals surface area contributed by atoms with Gasteiger partial charge in [-0.3, -0.25) is 14.4 Å². The number of rotatable bonds is 4. The minimum absolute atomic E-state index is 0.199. The molecule has 0 unspecified atom stereocenters. The third-order valence-corrected chi connectivity index (χ3v) is 4.79. The van der Waals surface area contributed by atoms with Crippen molar-refractivity contribution >= 4 is 5.65 Å². The Hall–Kier alpha value is -3.42. The van der Waals surface area contributed by atoms with Crippen molar-refractivity contribution in [2.24, 2.45) is 0 Å². The van der Waals surface area contributed by atoms with Crippen LogP contribution in [0.1, 0.15) is 17.0 Å². The summed E-state index contributed by atoms with van der Waals surface area (Å²) in [5.74, 6) is 1.35. The van der Waals surface area contributed by atoms with Gasteiger partial charge in [0.05, 0.1) is 24.1 Å². The first kappa shape index (κ1) is 15.8. The molecule has 0 aliphatic carbocycles. The van der Waals surface area contributed by atoms with E-state index < -0.39 is 0 Å². The van der Waals surface area contributed by atoms with Gasteiger partial charge in [0.1, 0.15) is 23.7 Å². The molecular weight excluding hydrogens is 347 g/mol. The average molecular weight is 362 g/mol. The second-order valence-electron chi connectivity index (χ2n) is 6.30. The zero-order valence-electron chi connectivity index (χ0n) is 14.3. The molecule has 7 nitrogen and oxygen atoms in total. The van der Waals surface area contributed by atoms with E-state index in [1.807, 2.05) is 4.40 Å². The van der Waals surface area contributed by atoms with Crippen molar-refractivity contribution in [1.82, 2.24) is 29.5 Å². The Bertz CT molecular complexity index is 1130. The quantitative estimate of drug-likeness (QED) is 0.555. The predicted octanol–water partition coefficient (Wildman–Crippen LogP) is 2.44. The van der Waals surface area contributed by atoms with Crippen LogP contribution in [0, 0.1) is 5.82 Å². The van der Waals surface area contributed by atoms with Gasteiger partial charge in [0.15, 0.2) is 5.65 Å². The van der Waals surface area contributed by atoms with Crippen LogP contribution in [0.4, 0.5) is 4.39 Å². The zero-order chi connectivity index (χ0) is 18.2. The van der Waals surface area contributed by atoms with Gasteiger partial charge in [-0.2, -0.15) is 0 Å². The summed E-state index contributed by atoms with van der Waals surface area (Å²) < 4.78 is 21.7. The lowest BCUT2D eigenvalue weighted by atomic mass is 10.00. The van der Waals surface area contributed by atoms with E-state index in [9.17, 15) is 4.39 Å². The van der Waals surface area contributed by atoms with Gasteiger partial charge < -0.3 is 4.74 Å². The van der Waals surface area contributed by atoms with Crippen molar-refractivity contribution in [3.8, 4) is 17.0 Å². The monoisotopic (exact) mass is 362 g/mol. The Morgan fingerprint density at radius 2 is 2.07 bits per heavy atom. The molecule has 0 bridgehead atoms. The maximum Gasteiger partial charge on any atom is 0.173 e. The van der Waals surface area contributed by atoms with Gasteiger partial charge >= 0.3 is 0 Å². The molecule has 0 atom stereocenters. The summed E-state index contributed by atoms with van der Waals surface area (Å²) in [5, 5.41) is 8.21. The molecule has 0 fully saturated rings. The molecule has 27 heavy (non-hydrogen) atoms. The fourth-order valence-electron chi connectivity index (χ4n) is 3.49. The highest BCUT2D eigenvalue weighted by molar-refractivity contribution is 5.73. The van der Waals surface area contributed by atoms with Crippen LogP contribution in [0.5, 0.6) is 5.75 Å². The number of fused-ring (bicyclic) bond motifs is 2. The van der Waals surface area contributed by atoms with Crippen molar-refractivity contribution in [3.05, 3.63) is 66.0 Å².